The molecule has 2 atom stereocenters. The molecule has 1 aromatic carbocycles. The lowest BCUT2D eigenvalue weighted by atomic mass is 10.0. The van der Waals surface area contributed by atoms with E-state index in [1.165, 1.54) is 4.90 Å². The second kappa shape index (κ2) is 8.58. The lowest BCUT2D eigenvalue weighted by Crippen LogP contribution is -2.54. The largest absolute Gasteiger partial charge is 0.479 e. The molecule has 1 aromatic heterocycles. The Bertz CT molecular complexity index is 848. The molecule has 1 saturated heterocycles. The van der Waals surface area contributed by atoms with Gasteiger partial charge in [0.05, 0.1) is 11.7 Å². The van der Waals surface area contributed by atoms with Gasteiger partial charge in [0, 0.05) is 32.0 Å². The van der Waals surface area contributed by atoms with E-state index >= 15 is 0 Å². The molecule has 0 spiro atoms. The molecule has 0 saturated carbocycles. The van der Waals surface area contributed by atoms with Gasteiger partial charge in [-0.2, -0.15) is 0 Å². The number of carbonyl (C=O) groups is 2. The SMILES string of the molecule is CC1Oc2ccccc2N(CC(=O)N2CCNCC2c2cccnc2)C1=O.Cl. The summed E-state index contributed by atoms with van der Waals surface area (Å²) in [6.07, 6.45) is 2.90. The third-order valence-corrected chi connectivity index (χ3v) is 5.00. The fourth-order valence-electron chi connectivity index (χ4n) is 3.62. The third-order valence-electron chi connectivity index (χ3n) is 5.00. The van der Waals surface area contributed by atoms with E-state index in [0.717, 1.165) is 12.1 Å². The number of anilines is 1. The fourth-order valence-corrected chi connectivity index (χ4v) is 3.62. The van der Waals surface area contributed by atoms with Crippen LogP contribution in [0, 0.1) is 0 Å². The number of carbonyl (C=O) groups excluding carboxylic acids is 2. The number of hydrogen-bond acceptors (Lipinski definition) is 5. The molecule has 2 aromatic rings. The van der Waals surface area contributed by atoms with Crippen LogP contribution in [0.3, 0.4) is 0 Å². The first kappa shape index (κ1) is 20.1. The van der Waals surface area contributed by atoms with Crippen LogP contribution in [-0.2, 0) is 9.59 Å². The van der Waals surface area contributed by atoms with Gasteiger partial charge in [-0.1, -0.05) is 18.2 Å². The van der Waals surface area contributed by atoms with Gasteiger partial charge in [0.2, 0.25) is 5.91 Å². The summed E-state index contributed by atoms with van der Waals surface area (Å²) in [4.78, 5) is 33.4. The van der Waals surface area contributed by atoms with E-state index in [4.69, 9.17) is 4.74 Å². The maximum Gasteiger partial charge on any atom is 0.268 e. The highest BCUT2D eigenvalue weighted by Crippen LogP contribution is 2.34. The summed E-state index contributed by atoms with van der Waals surface area (Å²) in [5.41, 5.74) is 1.63. The van der Waals surface area contributed by atoms with Crippen molar-refractivity contribution in [2.24, 2.45) is 0 Å². The number of rotatable bonds is 3. The first-order valence-electron chi connectivity index (χ1n) is 9.12. The van der Waals surface area contributed by atoms with Gasteiger partial charge >= 0.3 is 0 Å². The third kappa shape index (κ3) is 3.81. The second-order valence-electron chi connectivity index (χ2n) is 6.75. The van der Waals surface area contributed by atoms with E-state index in [1.807, 2.05) is 41.3 Å². The van der Waals surface area contributed by atoms with Crippen molar-refractivity contribution in [1.29, 1.82) is 0 Å². The standard InChI is InChI=1S/C20H22N4O3.ClH/c1-14-20(26)24(16-6-2-3-7-18(16)27-14)13-19(25)23-10-9-22-12-17(23)15-5-4-8-21-11-15;/h2-8,11,14,17,22H,9-10,12-13H2,1H3;1H. The molecule has 28 heavy (non-hydrogen) atoms. The van der Waals surface area contributed by atoms with Crippen LogP contribution in [0.15, 0.2) is 48.8 Å². The maximum absolute atomic E-state index is 13.2. The van der Waals surface area contributed by atoms with Gasteiger partial charge in [0.25, 0.3) is 5.91 Å². The Morgan fingerprint density at radius 1 is 1.29 bits per heavy atom. The van der Waals surface area contributed by atoms with E-state index in [2.05, 4.69) is 10.3 Å². The van der Waals surface area contributed by atoms with Crippen LogP contribution >= 0.6 is 12.4 Å². The number of pyridine rings is 1. The van der Waals surface area contributed by atoms with Crippen molar-refractivity contribution in [1.82, 2.24) is 15.2 Å². The molecule has 1 fully saturated rings. The molecule has 4 rings (SSSR count). The predicted octanol–water partition coefficient (Wildman–Crippen LogP) is 1.79. The number of para-hydroxylation sites is 2. The minimum Gasteiger partial charge on any atom is -0.479 e. The topological polar surface area (TPSA) is 74.8 Å². The lowest BCUT2D eigenvalue weighted by Gasteiger charge is -2.39. The molecule has 2 amide bonds. The van der Waals surface area contributed by atoms with Crippen LogP contribution < -0.4 is 15.0 Å². The molecule has 8 heteroatoms. The minimum atomic E-state index is -0.607. The zero-order valence-electron chi connectivity index (χ0n) is 15.6. The Hall–Kier alpha value is -2.64. The van der Waals surface area contributed by atoms with E-state index in [9.17, 15) is 9.59 Å². The smallest absolute Gasteiger partial charge is 0.268 e. The van der Waals surface area contributed by atoms with Crippen LogP contribution in [0.25, 0.3) is 0 Å². The Balaban J connectivity index is 0.00000225. The minimum absolute atomic E-state index is 0. The Morgan fingerprint density at radius 2 is 2.11 bits per heavy atom. The summed E-state index contributed by atoms with van der Waals surface area (Å²) in [6, 6.07) is 11.1. The Labute approximate surface area is 170 Å². The van der Waals surface area contributed by atoms with Gasteiger partial charge in [-0.25, -0.2) is 0 Å². The van der Waals surface area contributed by atoms with E-state index in [1.54, 1.807) is 19.3 Å². The van der Waals surface area contributed by atoms with Crippen molar-refractivity contribution >= 4 is 29.9 Å². The van der Waals surface area contributed by atoms with Crippen molar-refractivity contribution < 1.29 is 14.3 Å². The number of hydrogen-bond donors (Lipinski definition) is 1. The van der Waals surface area contributed by atoms with Gasteiger partial charge in [0.15, 0.2) is 6.10 Å². The quantitative estimate of drug-likeness (QED) is 0.847. The van der Waals surface area contributed by atoms with Crippen molar-refractivity contribution in [2.45, 2.75) is 19.1 Å². The summed E-state index contributed by atoms with van der Waals surface area (Å²) < 4.78 is 5.66. The molecular weight excluding hydrogens is 380 g/mol. The summed E-state index contributed by atoms with van der Waals surface area (Å²) in [5.74, 6) is 0.347. The zero-order valence-corrected chi connectivity index (χ0v) is 16.4. The molecule has 7 nitrogen and oxygen atoms in total. The molecular formula is C20H23ClN4O3. The van der Waals surface area contributed by atoms with Gasteiger partial charge in [0.1, 0.15) is 12.3 Å². The lowest BCUT2D eigenvalue weighted by molar-refractivity contribution is -0.135. The summed E-state index contributed by atoms with van der Waals surface area (Å²) in [6.45, 7) is 3.70. The van der Waals surface area contributed by atoms with Crippen LogP contribution in [-0.4, -0.2) is 54.0 Å². The van der Waals surface area contributed by atoms with Crippen LogP contribution in [0.5, 0.6) is 5.75 Å². The van der Waals surface area contributed by atoms with E-state index in [-0.39, 0.29) is 36.8 Å². The first-order valence-corrected chi connectivity index (χ1v) is 9.12. The molecule has 0 radical (unpaired) electrons. The molecule has 3 heterocycles. The van der Waals surface area contributed by atoms with Crippen molar-refractivity contribution in [3.8, 4) is 5.75 Å². The Kier molecular flexibility index (Phi) is 6.16. The van der Waals surface area contributed by atoms with E-state index in [0.29, 0.717) is 24.5 Å². The number of aromatic nitrogens is 1. The second-order valence-corrected chi connectivity index (χ2v) is 6.75. The van der Waals surface area contributed by atoms with Crippen molar-refractivity contribution in [3.05, 3.63) is 54.4 Å². The molecule has 2 unspecified atom stereocenters. The Morgan fingerprint density at radius 3 is 2.89 bits per heavy atom. The molecule has 0 bridgehead atoms. The highest BCUT2D eigenvalue weighted by Gasteiger charge is 2.35. The maximum atomic E-state index is 13.2. The number of ether oxygens (including phenoxy) is 1. The van der Waals surface area contributed by atoms with Gasteiger partial charge in [-0.05, 0) is 30.7 Å². The number of benzene rings is 1. The van der Waals surface area contributed by atoms with Crippen LogP contribution in [0.4, 0.5) is 5.69 Å². The predicted molar refractivity (Wildman–Crippen MR) is 108 cm³/mol. The molecule has 148 valence electrons. The molecule has 1 N–H and O–H groups in total. The van der Waals surface area contributed by atoms with Gasteiger partial charge < -0.3 is 15.0 Å². The number of halogens is 1. The number of piperazine rings is 1. The number of nitrogens with one attached hydrogen (secondary N) is 1. The van der Waals surface area contributed by atoms with Crippen molar-refractivity contribution in [2.75, 3.05) is 31.1 Å². The number of fused-ring (bicyclic) bond motifs is 1. The fraction of sp³-hybridized carbons (Fsp3) is 0.350. The zero-order chi connectivity index (χ0) is 18.8. The molecule has 2 aliphatic rings. The molecule has 2 aliphatic heterocycles. The monoisotopic (exact) mass is 402 g/mol. The number of nitrogens with zero attached hydrogens (tertiary/aromatic N) is 3. The first-order chi connectivity index (χ1) is 13.1. The van der Waals surface area contributed by atoms with Crippen LogP contribution in [0.2, 0.25) is 0 Å². The van der Waals surface area contributed by atoms with E-state index < -0.39 is 6.10 Å². The number of amides is 2. The van der Waals surface area contributed by atoms with Gasteiger partial charge in [-0.3, -0.25) is 19.5 Å². The summed E-state index contributed by atoms with van der Waals surface area (Å²) >= 11 is 0. The summed E-state index contributed by atoms with van der Waals surface area (Å²) in [7, 11) is 0. The highest BCUT2D eigenvalue weighted by molar-refractivity contribution is 6.03. The normalized spacial score (nSPS) is 21.4. The average molecular weight is 403 g/mol. The van der Waals surface area contributed by atoms with Crippen molar-refractivity contribution in [3.63, 3.8) is 0 Å². The van der Waals surface area contributed by atoms with Gasteiger partial charge in [-0.15, -0.1) is 12.4 Å². The van der Waals surface area contributed by atoms with Crippen LogP contribution in [0.1, 0.15) is 18.5 Å². The highest BCUT2D eigenvalue weighted by atomic mass is 35.5. The average Bonchev–Trinajstić information content (AvgIpc) is 2.72. The summed E-state index contributed by atoms with van der Waals surface area (Å²) in [5, 5.41) is 3.33. The molecule has 0 aliphatic carbocycles.